The molecule has 6 heteroatoms. The molecule has 0 saturated carbocycles. The summed E-state index contributed by atoms with van der Waals surface area (Å²) in [6.45, 7) is 7.41. The van der Waals surface area contributed by atoms with E-state index in [1.807, 2.05) is 36.5 Å². The average Bonchev–Trinajstić information content (AvgIpc) is 3.18. The van der Waals surface area contributed by atoms with Crippen LogP contribution in [0.5, 0.6) is 5.75 Å². The van der Waals surface area contributed by atoms with E-state index in [0.717, 1.165) is 21.3 Å². The molecular weight excluding hydrogens is 490 g/mol. The van der Waals surface area contributed by atoms with Gasteiger partial charge in [-0.1, -0.05) is 67.9 Å². The van der Waals surface area contributed by atoms with Crippen LogP contribution in [0.15, 0.2) is 83.5 Å². The molecule has 0 fully saturated rings. The Balaban J connectivity index is 1.38. The lowest BCUT2D eigenvalue weighted by Gasteiger charge is -2.10. The van der Waals surface area contributed by atoms with Gasteiger partial charge in [-0.05, 0) is 69.7 Å². The highest BCUT2D eigenvalue weighted by atomic mass is 79.9. The van der Waals surface area contributed by atoms with Gasteiger partial charge in [0.05, 0.1) is 11.0 Å². The van der Waals surface area contributed by atoms with Gasteiger partial charge in [-0.3, -0.25) is 9.48 Å². The largest absolute Gasteiger partial charge is 0.489 e. The number of anilines is 1. The maximum atomic E-state index is 12.9. The third-order valence-electron chi connectivity index (χ3n) is 5.56. The molecule has 1 N–H and O–H groups in total. The number of hydrogen-bond acceptors (Lipinski definition) is 3. The SMILES string of the molecule is Cc1ccc(Cn2cc(Br)c(NC(=O)c3cccc(COc4ccc(C(C)C)cc4)c3)n2)cc1. The maximum absolute atomic E-state index is 12.9. The second kappa shape index (κ2) is 10.7. The number of halogens is 1. The number of carbonyl (C=O) groups is 1. The maximum Gasteiger partial charge on any atom is 0.256 e. The molecule has 0 aliphatic rings. The van der Waals surface area contributed by atoms with E-state index in [1.165, 1.54) is 11.1 Å². The zero-order chi connectivity index (χ0) is 24.1. The molecule has 1 amide bonds. The minimum Gasteiger partial charge on any atom is -0.489 e. The quantitative estimate of drug-likeness (QED) is 0.275. The van der Waals surface area contributed by atoms with Gasteiger partial charge < -0.3 is 10.1 Å². The van der Waals surface area contributed by atoms with Crippen LogP contribution in [0.2, 0.25) is 0 Å². The first-order valence-corrected chi connectivity index (χ1v) is 12.1. The first-order valence-electron chi connectivity index (χ1n) is 11.3. The van der Waals surface area contributed by atoms with Crippen LogP contribution in [0.25, 0.3) is 0 Å². The summed E-state index contributed by atoms with van der Waals surface area (Å²) < 4.78 is 8.45. The zero-order valence-corrected chi connectivity index (χ0v) is 21.2. The van der Waals surface area contributed by atoms with Gasteiger partial charge in [-0.15, -0.1) is 0 Å². The molecule has 0 atom stereocenters. The highest BCUT2D eigenvalue weighted by molar-refractivity contribution is 9.10. The van der Waals surface area contributed by atoms with Crippen molar-refractivity contribution in [3.63, 3.8) is 0 Å². The molecule has 0 aliphatic heterocycles. The number of amides is 1. The second-order valence-corrected chi connectivity index (χ2v) is 9.53. The topological polar surface area (TPSA) is 56.2 Å². The van der Waals surface area contributed by atoms with Crippen LogP contribution in [-0.2, 0) is 13.2 Å². The van der Waals surface area contributed by atoms with Crippen LogP contribution in [0.1, 0.15) is 52.4 Å². The van der Waals surface area contributed by atoms with Gasteiger partial charge >= 0.3 is 0 Å². The summed E-state index contributed by atoms with van der Waals surface area (Å²) in [5.74, 6) is 1.56. The minimum atomic E-state index is -0.218. The van der Waals surface area contributed by atoms with E-state index >= 15 is 0 Å². The summed E-state index contributed by atoms with van der Waals surface area (Å²) in [6.07, 6.45) is 1.87. The van der Waals surface area contributed by atoms with Gasteiger partial charge in [0.25, 0.3) is 5.91 Å². The van der Waals surface area contributed by atoms with Gasteiger partial charge in [-0.25, -0.2) is 0 Å². The molecule has 0 radical (unpaired) electrons. The fourth-order valence-corrected chi connectivity index (χ4v) is 3.96. The van der Waals surface area contributed by atoms with Gasteiger partial charge in [0.1, 0.15) is 12.4 Å². The molecule has 174 valence electrons. The van der Waals surface area contributed by atoms with E-state index in [-0.39, 0.29) is 5.91 Å². The van der Waals surface area contributed by atoms with Crippen molar-refractivity contribution in [3.05, 3.63) is 111 Å². The van der Waals surface area contributed by atoms with Crippen molar-refractivity contribution in [1.82, 2.24) is 9.78 Å². The van der Waals surface area contributed by atoms with Crippen molar-refractivity contribution < 1.29 is 9.53 Å². The predicted octanol–water partition coefficient (Wildman–Crippen LogP) is 6.96. The van der Waals surface area contributed by atoms with E-state index in [4.69, 9.17) is 4.74 Å². The van der Waals surface area contributed by atoms with Crippen LogP contribution in [0.3, 0.4) is 0 Å². The highest BCUT2D eigenvalue weighted by Gasteiger charge is 2.13. The standard InChI is InChI=1S/C28H28BrN3O2/c1-19(2)23-11-13-25(14-12-23)34-18-22-5-4-6-24(15-22)28(33)30-27-26(29)17-32(31-27)16-21-9-7-20(3)8-10-21/h4-15,17,19H,16,18H2,1-3H3,(H,30,31,33). The van der Waals surface area contributed by atoms with Gasteiger partial charge in [0.15, 0.2) is 5.82 Å². The lowest BCUT2D eigenvalue weighted by Crippen LogP contribution is -2.13. The fourth-order valence-electron chi connectivity index (χ4n) is 3.54. The number of aromatic nitrogens is 2. The predicted molar refractivity (Wildman–Crippen MR) is 139 cm³/mol. The lowest BCUT2D eigenvalue weighted by molar-refractivity contribution is 0.102. The number of aryl methyl sites for hydroxylation is 1. The van der Waals surface area contributed by atoms with E-state index in [1.54, 1.807) is 10.7 Å². The Kier molecular flexibility index (Phi) is 7.48. The fraction of sp³-hybridized carbons (Fsp3) is 0.214. The van der Waals surface area contributed by atoms with Crippen LogP contribution in [0.4, 0.5) is 5.82 Å². The van der Waals surface area contributed by atoms with Crippen molar-refractivity contribution in [3.8, 4) is 5.75 Å². The third-order valence-corrected chi connectivity index (χ3v) is 6.14. The normalized spacial score (nSPS) is 11.0. The molecule has 34 heavy (non-hydrogen) atoms. The van der Waals surface area contributed by atoms with E-state index in [9.17, 15) is 4.79 Å². The molecular formula is C28H28BrN3O2. The van der Waals surface area contributed by atoms with Crippen molar-refractivity contribution in [2.45, 2.75) is 39.8 Å². The smallest absolute Gasteiger partial charge is 0.256 e. The summed E-state index contributed by atoms with van der Waals surface area (Å²) in [4.78, 5) is 12.9. The minimum absolute atomic E-state index is 0.218. The van der Waals surface area contributed by atoms with Crippen molar-refractivity contribution in [1.29, 1.82) is 0 Å². The Labute approximate surface area is 208 Å². The van der Waals surface area contributed by atoms with Crippen LogP contribution in [-0.4, -0.2) is 15.7 Å². The van der Waals surface area contributed by atoms with Gasteiger partial charge in [-0.2, -0.15) is 5.10 Å². The Morgan fingerprint density at radius 3 is 2.47 bits per heavy atom. The van der Waals surface area contributed by atoms with E-state index < -0.39 is 0 Å². The average molecular weight is 518 g/mol. The number of nitrogens with one attached hydrogen (secondary N) is 1. The number of hydrogen-bond donors (Lipinski definition) is 1. The molecule has 1 aromatic heterocycles. The Hall–Kier alpha value is -3.38. The van der Waals surface area contributed by atoms with Crippen LogP contribution in [0, 0.1) is 6.92 Å². The van der Waals surface area contributed by atoms with Crippen molar-refractivity contribution in [2.75, 3.05) is 5.32 Å². The van der Waals surface area contributed by atoms with Crippen LogP contribution < -0.4 is 10.1 Å². The molecule has 1 heterocycles. The Bertz CT molecular complexity index is 1260. The number of ether oxygens (including phenoxy) is 1. The number of benzene rings is 3. The summed E-state index contributed by atoms with van der Waals surface area (Å²) in [5.41, 5.74) is 5.11. The van der Waals surface area contributed by atoms with Crippen LogP contribution >= 0.6 is 15.9 Å². The summed E-state index contributed by atoms with van der Waals surface area (Å²) in [6, 6.07) is 23.9. The Morgan fingerprint density at radius 1 is 1.03 bits per heavy atom. The summed E-state index contributed by atoms with van der Waals surface area (Å²) in [7, 11) is 0. The first-order chi connectivity index (χ1) is 16.4. The highest BCUT2D eigenvalue weighted by Crippen LogP contribution is 2.23. The number of nitrogens with zero attached hydrogens (tertiary/aromatic N) is 2. The van der Waals surface area contributed by atoms with Crippen molar-refractivity contribution in [2.24, 2.45) is 0 Å². The molecule has 5 nitrogen and oxygen atoms in total. The molecule has 0 aliphatic carbocycles. The molecule has 0 bridgehead atoms. The summed E-state index contributed by atoms with van der Waals surface area (Å²) in [5, 5.41) is 7.42. The summed E-state index contributed by atoms with van der Waals surface area (Å²) >= 11 is 3.50. The van der Waals surface area contributed by atoms with E-state index in [0.29, 0.717) is 30.5 Å². The lowest BCUT2D eigenvalue weighted by atomic mass is 10.0. The zero-order valence-electron chi connectivity index (χ0n) is 19.6. The van der Waals surface area contributed by atoms with Gasteiger partial charge in [0.2, 0.25) is 0 Å². The second-order valence-electron chi connectivity index (χ2n) is 8.68. The molecule has 0 spiro atoms. The van der Waals surface area contributed by atoms with Crippen molar-refractivity contribution >= 4 is 27.7 Å². The first kappa shape index (κ1) is 23.8. The number of rotatable bonds is 8. The third kappa shape index (κ3) is 6.14. The Morgan fingerprint density at radius 2 is 1.76 bits per heavy atom. The molecule has 4 rings (SSSR count). The van der Waals surface area contributed by atoms with Gasteiger partial charge in [0, 0.05) is 11.8 Å². The molecule has 3 aromatic carbocycles. The molecule has 0 saturated heterocycles. The number of carbonyl (C=O) groups excluding carboxylic acids is 1. The monoisotopic (exact) mass is 517 g/mol. The molecule has 4 aromatic rings. The molecule has 0 unspecified atom stereocenters. The van der Waals surface area contributed by atoms with E-state index in [2.05, 4.69) is 83.5 Å².